The lowest BCUT2D eigenvalue weighted by molar-refractivity contribution is -0.139. The lowest BCUT2D eigenvalue weighted by Gasteiger charge is -2.38. The van der Waals surface area contributed by atoms with E-state index in [1.54, 1.807) is 18.9 Å². The molecular weight excluding hydrogens is 246 g/mol. The van der Waals surface area contributed by atoms with E-state index in [0.717, 1.165) is 12.8 Å². The molecule has 0 bridgehead atoms. The van der Waals surface area contributed by atoms with Gasteiger partial charge in [-0.3, -0.25) is 9.59 Å². The Labute approximate surface area is 114 Å². The van der Waals surface area contributed by atoms with Gasteiger partial charge in [-0.15, -0.1) is 0 Å². The van der Waals surface area contributed by atoms with E-state index in [9.17, 15) is 9.59 Å². The van der Waals surface area contributed by atoms with Gasteiger partial charge in [-0.25, -0.2) is 0 Å². The fourth-order valence-electron chi connectivity index (χ4n) is 2.31. The van der Waals surface area contributed by atoms with Crippen LogP contribution in [0.2, 0.25) is 0 Å². The highest BCUT2D eigenvalue weighted by Gasteiger charge is 2.33. The molecule has 2 amide bonds. The van der Waals surface area contributed by atoms with Crippen LogP contribution in [0, 0.1) is 5.92 Å². The first-order chi connectivity index (χ1) is 8.97. The Hall–Kier alpha value is -1.14. The van der Waals surface area contributed by atoms with Gasteiger partial charge in [0.15, 0.2) is 0 Å². The fourth-order valence-corrected chi connectivity index (χ4v) is 2.31. The summed E-state index contributed by atoms with van der Waals surface area (Å²) in [5.41, 5.74) is 5.64. The lowest BCUT2D eigenvalue weighted by Crippen LogP contribution is -2.53. The van der Waals surface area contributed by atoms with Crippen LogP contribution in [0.25, 0.3) is 0 Å². The normalized spacial score (nSPS) is 24.9. The molecule has 1 aliphatic rings. The number of carbonyl (C=O) groups is 2. The van der Waals surface area contributed by atoms with Crippen LogP contribution in [0.3, 0.4) is 0 Å². The molecule has 3 atom stereocenters. The Morgan fingerprint density at radius 1 is 1.47 bits per heavy atom. The fraction of sp³-hybridized carbons (Fsp3) is 0.846. The number of piperidine rings is 1. The van der Waals surface area contributed by atoms with Crippen molar-refractivity contribution in [2.24, 2.45) is 11.7 Å². The van der Waals surface area contributed by atoms with Crippen molar-refractivity contribution in [1.82, 2.24) is 10.2 Å². The second-order valence-corrected chi connectivity index (χ2v) is 5.19. The summed E-state index contributed by atoms with van der Waals surface area (Å²) >= 11 is 0. The SMILES string of the molecule is COCCNC(=O)C1CCC(C)N(C(=O)[C@@H](C)N)C1. The molecule has 0 saturated carbocycles. The molecule has 1 rings (SSSR count). The molecule has 6 heteroatoms. The van der Waals surface area contributed by atoms with E-state index in [-0.39, 0.29) is 23.8 Å². The van der Waals surface area contributed by atoms with E-state index in [4.69, 9.17) is 10.5 Å². The van der Waals surface area contributed by atoms with Crippen LogP contribution >= 0.6 is 0 Å². The molecule has 0 aromatic carbocycles. The molecule has 1 fully saturated rings. The standard InChI is InChI=1S/C13H25N3O3/c1-9-4-5-11(12(17)15-6-7-19-3)8-16(9)13(18)10(2)14/h9-11H,4-8,14H2,1-3H3,(H,15,17)/t9?,10-,11?/m1/s1. The first-order valence-electron chi connectivity index (χ1n) is 6.80. The summed E-state index contributed by atoms with van der Waals surface area (Å²) in [5.74, 6) is -0.232. The zero-order valence-corrected chi connectivity index (χ0v) is 12.0. The smallest absolute Gasteiger partial charge is 0.239 e. The van der Waals surface area contributed by atoms with Crippen molar-refractivity contribution in [3.63, 3.8) is 0 Å². The number of amides is 2. The van der Waals surface area contributed by atoms with Gasteiger partial charge in [0, 0.05) is 26.2 Å². The number of hydrogen-bond acceptors (Lipinski definition) is 4. The minimum atomic E-state index is -0.516. The zero-order valence-electron chi connectivity index (χ0n) is 12.0. The van der Waals surface area contributed by atoms with Crippen molar-refractivity contribution in [1.29, 1.82) is 0 Å². The van der Waals surface area contributed by atoms with Crippen LogP contribution in [-0.2, 0) is 14.3 Å². The second-order valence-electron chi connectivity index (χ2n) is 5.19. The number of ether oxygens (including phenoxy) is 1. The summed E-state index contributed by atoms with van der Waals surface area (Å²) in [6.45, 7) is 5.14. The summed E-state index contributed by atoms with van der Waals surface area (Å²) in [6, 6.07) is -0.362. The molecule has 19 heavy (non-hydrogen) atoms. The van der Waals surface area contributed by atoms with Gasteiger partial charge in [-0.05, 0) is 26.7 Å². The summed E-state index contributed by atoms with van der Waals surface area (Å²) in [6.07, 6.45) is 1.64. The molecule has 2 unspecified atom stereocenters. The summed E-state index contributed by atoms with van der Waals surface area (Å²) in [5, 5.41) is 2.82. The van der Waals surface area contributed by atoms with Gasteiger partial charge in [0.25, 0.3) is 0 Å². The van der Waals surface area contributed by atoms with Gasteiger partial charge in [0.05, 0.1) is 18.6 Å². The molecule has 3 N–H and O–H groups in total. The third-order valence-electron chi connectivity index (χ3n) is 3.53. The van der Waals surface area contributed by atoms with E-state index in [1.165, 1.54) is 0 Å². The first kappa shape index (κ1) is 15.9. The topological polar surface area (TPSA) is 84.7 Å². The predicted molar refractivity (Wildman–Crippen MR) is 72.4 cm³/mol. The first-order valence-corrected chi connectivity index (χ1v) is 6.80. The number of methoxy groups -OCH3 is 1. The third kappa shape index (κ3) is 4.47. The van der Waals surface area contributed by atoms with Gasteiger partial charge >= 0.3 is 0 Å². The highest BCUT2D eigenvalue weighted by Crippen LogP contribution is 2.22. The number of carbonyl (C=O) groups excluding carboxylic acids is 2. The predicted octanol–water partition coefficient (Wildman–Crippen LogP) is -0.277. The van der Waals surface area contributed by atoms with E-state index in [0.29, 0.717) is 19.7 Å². The van der Waals surface area contributed by atoms with E-state index >= 15 is 0 Å². The van der Waals surface area contributed by atoms with E-state index < -0.39 is 6.04 Å². The molecular formula is C13H25N3O3. The maximum atomic E-state index is 12.0. The van der Waals surface area contributed by atoms with Crippen LogP contribution in [0.15, 0.2) is 0 Å². The van der Waals surface area contributed by atoms with Crippen LogP contribution in [-0.4, -0.2) is 55.6 Å². The van der Waals surface area contributed by atoms with Gasteiger partial charge in [-0.1, -0.05) is 0 Å². The van der Waals surface area contributed by atoms with Gasteiger partial charge in [0.2, 0.25) is 11.8 Å². The molecule has 0 aromatic heterocycles. The van der Waals surface area contributed by atoms with Crippen LogP contribution in [0.5, 0.6) is 0 Å². The highest BCUT2D eigenvalue weighted by molar-refractivity contribution is 5.84. The van der Waals surface area contributed by atoms with Crippen LogP contribution in [0.4, 0.5) is 0 Å². The molecule has 0 aromatic rings. The average Bonchev–Trinajstić information content (AvgIpc) is 2.38. The summed E-state index contributed by atoms with van der Waals surface area (Å²) in [4.78, 5) is 25.7. The summed E-state index contributed by atoms with van der Waals surface area (Å²) < 4.78 is 4.89. The number of nitrogens with one attached hydrogen (secondary N) is 1. The Morgan fingerprint density at radius 3 is 2.74 bits per heavy atom. The average molecular weight is 271 g/mol. The Kier molecular flexibility index (Phi) is 6.24. The van der Waals surface area contributed by atoms with E-state index in [1.807, 2.05) is 6.92 Å². The molecule has 1 heterocycles. The summed E-state index contributed by atoms with van der Waals surface area (Å²) in [7, 11) is 1.59. The lowest BCUT2D eigenvalue weighted by atomic mass is 9.92. The maximum absolute atomic E-state index is 12.0. The van der Waals surface area contributed by atoms with Crippen molar-refractivity contribution in [2.45, 2.75) is 38.8 Å². The molecule has 1 saturated heterocycles. The third-order valence-corrected chi connectivity index (χ3v) is 3.53. The number of nitrogens with two attached hydrogens (primary N) is 1. The van der Waals surface area contributed by atoms with Crippen LogP contribution in [0.1, 0.15) is 26.7 Å². The zero-order chi connectivity index (χ0) is 14.4. The molecule has 0 spiro atoms. The Morgan fingerprint density at radius 2 is 2.16 bits per heavy atom. The molecule has 0 aliphatic carbocycles. The quantitative estimate of drug-likeness (QED) is 0.674. The number of likely N-dealkylation sites (tertiary alicyclic amines) is 1. The van der Waals surface area contributed by atoms with Crippen molar-refractivity contribution in [2.75, 3.05) is 26.8 Å². The van der Waals surface area contributed by atoms with Crippen molar-refractivity contribution in [3.05, 3.63) is 0 Å². The van der Waals surface area contributed by atoms with E-state index in [2.05, 4.69) is 5.32 Å². The molecule has 110 valence electrons. The molecule has 6 nitrogen and oxygen atoms in total. The van der Waals surface area contributed by atoms with Crippen molar-refractivity contribution < 1.29 is 14.3 Å². The monoisotopic (exact) mass is 271 g/mol. The Balaban J connectivity index is 2.54. The highest BCUT2D eigenvalue weighted by atomic mass is 16.5. The Bertz CT molecular complexity index is 320. The minimum Gasteiger partial charge on any atom is -0.383 e. The van der Waals surface area contributed by atoms with Crippen molar-refractivity contribution in [3.8, 4) is 0 Å². The number of hydrogen-bond donors (Lipinski definition) is 2. The molecule has 1 aliphatic heterocycles. The van der Waals surface area contributed by atoms with Crippen LogP contribution < -0.4 is 11.1 Å². The second kappa shape index (κ2) is 7.45. The van der Waals surface area contributed by atoms with Gasteiger partial charge in [-0.2, -0.15) is 0 Å². The number of rotatable bonds is 5. The minimum absolute atomic E-state index is 0.00794. The van der Waals surface area contributed by atoms with Crippen molar-refractivity contribution >= 4 is 11.8 Å². The van der Waals surface area contributed by atoms with Gasteiger partial charge < -0.3 is 20.7 Å². The largest absolute Gasteiger partial charge is 0.383 e. The maximum Gasteiger partial charge on any atom is 0.239 e. The molecule has 0 radical (unpaired) electrons. The van der Waals surface area contributed by atoms with Gasteiger partial charge in [0.1, 0.15) is 0 Å². The number of nitrogens with zero attached hydrogens (tertiary/aromatic N) is 1.